The molecule has 0 radical (unpaired) electrons. The van der Waals surface area contributed by atoms with E-state index in [9.17, 15) is 8.42 Å². The van der Waals surface area contributed by atoms with Crippen molar-refractivity contribution < 1.29 is 8.42 Å². The van der Waals surface area contributed by atoms with E-state index in [0.717, 1.165) is 32.5 Å². The normalized spacial score (nSPS) is 26.4. The average Bonchev–Trinajstić information content (AvgIpc) is 2.82. The van der Waals surface area contributed by atoms with Crippen molar-refractivity contribution in [2.24, 2.45) is 0 Å². The molecule has 2 saturated heterocycles. The summed E-state index contributed by atoms with van der Waals surface area (Å²) >= 11 is 0. The summed E-state index contributed by atoms with van der Waals surface area (Å²) in [6, 6.07) is 0.470. The Hall–Kier alpha value is -0.170. The third kappa shape index (κ3) is 3.44. The molecule has 1 atom stereocenters. The van der Waals surface area contributed by atoms with Gasteiger partial charge in [-0.25, -0.2) is 8.42 Å². The molecule has 0 amide bonds. The quantitative estimate of drug-likeness (QED) is 0.698. The summed E-state index contributed by atoms with van der Waals surface area (Å²) in [6.07, 6.45) is 3.41. The van der Waals surface area contributed by atoms with Gasteiger partial charge in [-0.1, -0.05) is 6.92 Å². The summed E-state index contributed by atoms with van der Waals surface area (Å²) in [6.45, 7) is 6.99. The van der Waals surface area contributed by atoms with Gasteiger partial charge in [0.1, 0.15) is 0 Å². The Labute approximate surface area is 111 Å². The third-order valence-electron chi connectivity index (χ3n) is 3.91. The van der Waals surface area contributed by atoms with Crippen LogP contribution in [0.4, 0.5) is 0 Å². The van der Waals surface area contributed by atoms with Gasteiger partial charge in [-0.3, -0.25) is 4.90 Å². The van der Waals surface area contributed by atoms with Crippen LogP contribution in [0.15, 0.2) is 0 Å². The second-order valence-electron chi connectivity index (χ2n) is 5.26. The standard InChI is InChI=1S/C12H25N3O2S/c1-2-5-13-6-10-18(16,17)15-9-8-14-7-3-4-12(14)11-15/h12-13H,2-11H2,1H3. The first kappa shape index (κ1) is 14.2. The Morgan fingerprint density at radius 2 is 2.06 bits per heavy atom. The van der Waals surface area contributed by atoms with Crippen LogP contribution in [0, 0.1) is 0 Å². The zero-order chi connectivity index (χ0) is 13.0. The van der Waals surface area contributed by atoms with E-state index < -0.39 is 10.0 Å². The van der Waals surface area contributed by atoms with Crippen LogP contribution in [0.25, 0.3) is 0 Å². The number of sulfonamides is 1. The van der Waals surface area contributed by atoms with Crippen molar-refractivity contribution >= 4 is 10.0 Å². The van der Waals surface area contributed by atoms with Crippen LogP contribution >= 0.6 is 0 Å². The minimum Gasteiger partial charge on any atom is -0.316 e. The molecule has 0 aromatic heterocycles. The van der Waals surface area contributed by atoms with Crippen molar-refractivity contribution in [3.63, 3.8) is 0 Å². The molecule has 18 heavy (non-hydrogen) atoms. The molecule has 0 aromatic carbocycles. The van der Waals surface area contributed by atoms with Crippen LogP contribution in [0.3, 0.4) is 0 Å². The maximum absolute atomic E-state index is 12.2. The predicted molar refractivity (Wildman–Crippen MR) is 73.1 cm³/mol. The Morgan fingerprint density at radius 3 is 2.83 bits per heavy atom. The first-order valence-electron chi connectivity index (χ1n) is 7.06. The lowest BCUT2D eigenvalue weighted by Crippen LogP contribution is -2.52. The van der Waals surface area contributed by atoms with Crippen LogP contribution in [-0.4, -0.2) is 68.7 Å². The summed E-state index contributed by atoms with van der Waals surface area (Å²) in [5.41, 5.74) is 0. The third-order valence-corrected chi connectivity index (χ3v) is 5.75. The maximum Gasteiger partial charge on any atom is 0.215 e. The molecular weight excluding hydrogens is 250 g/mol. The number of rotatable bonds is 6. The van der Waals surface area contributed by atoms with Crippen LogP contribution < -0.4 is 5.32 Å². The highest BCUT2D eigenvalue weighted by Crippen LogP contribution is 2.22. The minimum absolute atomic E-state index is 0.236. The molecule has 2 rings (SSSR count). The van der Waals surface area contributed by atoms with Crippen molar-refractivity contribution in [3.8, 4) is 0 Å². The van der Waals surface area contributed by atoms with Crippen LogP contribution in [-0.2, 0) is 10.0 Å². The number of hydrogen-bond donors (Lipinski definition) is 1. The van der Waals surface area contributed by atoms with Crippen LogP contribution in [0.2, 0.25) is 0 Å². The largest absolute Gasteiger partial charge is 0.316 e. The number of nitrogens with one attached hydrogen (secondary N) is 1. The van der Waals surface area contributed by atoms with Gasteiger partial charge in [0.05, 0.1) is 5.75 Å². The van der Waals surface area contributed by atoms with Gasteiger partial charge < -0.3 is 5.32 Å². The Kier molecular flexibility index (Phi) is 5.00. The van der Waals surface area contributed by atoms with Gasteiger partial charge in [0, 0.05) is 32.2 Å². The molecule has 0 aliphatic carbocycles. The Balaban J connectivity index is 1.82. The van der Waals surface area contributed by atoms with E-state index >= 15 is 0 Å². The molecule has 0 aromatic rings. The zero-order valence-corrected chi connectivity index (χ0v) is 12.1. The van der Waals surface area contributed by atoms with Crippen LogP contribution in [0.1, 0.15) is 26.2 Å². The zero-order valence-electron chi connectivity index (χ0n) is 11.3. The molecular formula is C12H25N3O2S. The van der Waals surface area contributed by atoms with E-state index in [1.54, 1.807) is 4.31 Å². The summed E-state index contributed by atoms with van der Waals surface area (Å²) in [5, 5.41) is 3.16. The first-order valence-corrected chi connectivity index (χ1v) is 8.67. The molecule has 0 spiro atoms. The topological polar surface area (TPSA) is 52.7 Å². The first-order chi connectivity index (χ1) is 8.63. The summed E-state index contributed by atoms with van der Waals surface area (Å²) < 4.78 is 26.1. The van der Waals surface area contributed by atoms with Gasteiger partial charge in [0.15, 0.2) is 0 Å². The molecule has 2 heterocycles. The highest BCUT2D eigenvalue weighted by Gasteiger charge is 2.35. The van der Waals surface area contributed by atoms with Gasteiger partial charge in [0.2, 0.25) is 10.0 Å². The lowest BCUT2D eigenvalue weighted by atomic mass is 10.2. The highest BCUT2D eigenvalue weighted by molar-refractivity contribution is 7.89. The molecule has 6 heteroatoms. The number of fused-ring (bicyclic) bond motifs is 1. The fourth-order valence-electron chi connectivity index (χ4n) is 2.85. The summed E-state index contributed by atoms with van der Waals surface area (Å²) in [5.74, 6) is 0.236. The van der Waals surface area contributed by atoms with E-state index in [2.05, 4.69) is 17.1 Å². The van der Waals surface area contributed by atoms with Crippen molar-refractivity contribution in [1.82, 2.24) is 14.5 Å². The molecule has 2 aliphatic rings. The summed E-state index contributed by atoms with van der Waals surface area (Å²) in [7, 11) is -3.06. The van der Waals surface area contributed by atoms with Gasteiger partial charge >= 0.3 is 0 Å². The van der Waals surface area contributed by atoms with Crippen molar-refractivity contribution in [3.05, 3.63) is 0 Å². The average molecular weight is 275 g/mol. The van der Waals surface area contributed by atoms with E-state index in [1.165, 1.54) is 6.42 Å². The monoisotopic (exact) mass is 275 g/mol. The molecule has 106 valence electrons. The van der Waals surface area contributed by atoms with E-state index in [4.69, 9.17) is 0 Å². The molecule has 0 saturated carbocycles. The van der Waals surface area contributed by atoms with E-state index in [0.29, 0.717) is 25.7 Å². The lowest BCUT2D eigenvalue weighted by molar-refractivity contribution is 0.158. The Morgan fingerprint density at radius 1 is 1.22 bits per heavy atom. The van der Waals surface area contributed by atoms with Crippen molar-refractivity contribution in [2.75, 3.05) is 45.0 Å². The van der Waals surface area contributed by atoms with Gasteiger partial charge in [-0.2, -0.15) is 4.31 Å². The number of nitrogens with zero attached hydrogens (tertiary/aromatic N) is 2. The Bertz CT molecular complexity index is 358. The van der Waals surface area contributed by atoms with Gasteiger partial charge in [-0.05, 0) is 32.4 Å². The smallest absolute Gasteiger partial charge is 0.215 e. The minimum atomic E-state index is -3.06. The molecule has 0 bridgehead atoms. The fourth-order valence-corrected chi connectivity index (χ4v) is 4.27. The van der Waals surface area contributed by atoms with Gasteiger partial charge in [0.25, 0.3) is 0 Å². The molecule has 5 nitrogen and oxygen atoms in total. The molecule has 2 fully saturated rings. The molecule has 1 unspecified atom stereocenters. The van der Waals surface area contributed by atoms with Gasteiger partial charge in [-0.15, -0.1) is 0 Å². The number of piperazine rings is 1. The molecule has 2 aliphatic heterocycles. The highest BCUT2D eigenvalue weighted by atomic mass is 32.2. The van der Waals surface area contributed by atoms with Crippen molar-refractivity contribution in [2.45, 2.75) is 32.2 Å². The molecule has 1 N–H and O–H groups in total. The number of hydrogen-bond acceptors (Lipinski definition) is 4. The lowest BCUT2D eigenvalue weighted by Gasteiger charge is -2.36. The van der Waals surface area contributed by atoms with Crippen LogP contribution in [0.5, 0.6) is 0 Å². The summed E-state index contributed by atoms with van der Waals surface area (Å²) in [4.78, 5) is 2.43. The second kappa shape index (κ2) is 6.32. The fraction of sp³-hybridized carbons (Fsp3) is 1.00. The van der Waals surface area contributed by atoms with E-state index in [-0.39, 0.29) is 5.75 Å². The predicted octanol–water partition coefficient (Wildman–Crippen LogP) is 0.0958. The SMILES string of the molecule is CCCNCCS(=O)(=O)N1CCN2CCCC2C1. The van der Waals surface area contributed by atoms with E-state index in [1.807, 2.05) is 0 Å². The second-order valence-corrected chi connectivity index (χ2v) is 7.34. The van der Waals surface area contributed by atoms with Crippen molar-refractivity contribution in [1.29, 1.82) is 0 Å². The maximum atomic E-state index is 12.2.